The number of rotatable bonds is 6. The number of halogens is 1. The molecule has 2 atom stereocenters. The fourth-order valence-corrected chi connectivity index (χ4v) is 2.32. The SMILES string of the molecule is COc1ccc(Cl)cc1NCCC(=O)O[C@@H]1C[C@H](C)OC1=O. The zero-order chi connectivity index (χ0) is 16.1. The van der Waals surface area contributed by atoms with Gasteiger partial charge in [-0.05, 0) is 25.1 Å². The molecule has 0 unspecified atom stereocenters. The van der Waals surface area contributed by atoms with Gasteiger partial charge in [0.1, 0.15) is 11.9 Å². The van der Waals surface area contributed by atoms with E-state index in [0.717, 1.165) is 0 Å². The molecule has 22 heavy (non-hydrogen) atoms. The Bertz CT molecular complexity index is 563. The van der Waals surface area contributed by atoms with E-state index in [1.54, 1.807) is 32.2 Å². The van der Waals surface area contributed by atoms with Crippen molar-refractivity contribution in [3.05, 3.63) is 23.2 Å². The van der Waals surface area contributed by atoms with Crippen LogP contribution in [0.3, 0.4) is 0 Å². The fraction of sp³-hybridized carbons (Fsp3) is 0.467. The molecule has 0 bridgehead atoms. The molecule has 0 spiro atoms. The number of carbonyl (C=O) groups excluding carboxylic acids is 2. The average molecular weight is 328 g/mol. The molecule has 1 aromatic carbocycles. The molecule has 1 aliphatic rings. The van der Waals surface area contributed by atoms with E-state index < -0.39 is 18.0 Å². The third-order valence-corrected chi connectivity index (χ3v) is 3.44. The van der Waals surface area contributed by atoms with E-state index in [1.165, 1.54) is 0 Å². The summed E-state index contributed by atoms with van der Waals surface area (Å²) in [5.74, 6) is -0.305. The van der Waals surface area contributed by atoms with Gasteiger partial charge >= 0.3 is 11.9 Å². The quantitative estimate of drug-likeness (QED) is 0.809. The lowest BCUT2D eigenvalue weighted by atomic mass is 10.2. The van der Waals surface area contributed by atoms with E-state index in [1.807, 2.05) is 0 Å². The number of methoxy groups -OCH3 is 1. The van der Waals surface area contributed by atoms with Gasteiger partial charge in [0.15, 0.2) is 0 Å². The van der Waals surface area contributed by atoms with Crippen LogP contribution >= 0.6 is 11.6 Å². The van der Waals surface area contributed by atoms with Crippen LogP contribution in [-0.4, -0.2) is 37.8 Å². The van der Waals surface area contributed by atoms with Crippen LogP contribution < -0.4 is 10.1 Å². The maximum absolute atomic E-state index is 11.7. The lowest BCUT2D eigenvalue weighted by Crippen LogP contribution is -2.23. The smallest absolute Gasteiger partial charge is 0.347 e. The fourth-order valence-electron chi connectivity index (χ4n) is 2.15. The highest BCUT2D eigenvalue weighted by atomic mass is 35.5. The molecular formula is C15H18ClNO5. The molecule has 1 aromatic rings. The molecule has 0 radical (unpaired) electrons. The van der Waals surface area contributed by atoms with Crippen molar-refractivity contribution in [2.45, 2.75) is 32.0 Å². The summed E-state index contributed by atoms with van der Waals surface area (Å²) in [6.45, 7) is 2.10. The Morgan fingerprint density at radius 2 is 2.27 bits per heavy atom. The normalized spacial score (nSPS) is 20.4. The Hall–Kier alpha value is -1.95. The Kier molecular flexibility index (Phi) is 5.49. The summed E-state index contributed by atoms with van der Waals surface area (Å²) in [7, 11) is 1.55. The van der Waals surface area contributed by atoms with Gasteiger partial charge in [0, 0.05) is 18.0 Å². The number of benzene rings is 1. The minimum Gasteiger partial charge on any atom is -0.495 e. The van der Waals surface area contributed by atoms with Crippen LogP contribution in [0.15, 0.2) is 18.2 Å². The number of carbonyl (C=O) groups is 2. The first-order chi connectivity index (χ1) is 10.5. The molecule has 7 heteroatoms. The van der Waals surface area contributed by atoms with Gasteiger partial charge in [-0.25, -0.2) is 4.79 Å². The van der Waals surface area contributed by atoms with Gasteiger partial charge in [0.25, 0.3) is 0 Å². The minimum atomic E-state index is -0.789. The van der Waals surface area contributed by atoms with Gasteiger partial charge in [0.05, 0.1) is 19.2 Å². The van der Waals surface area contributed by atoms with Crippen molar-refractivity contribution in [1.29, 1.82) is 0 Å². The Balaban J connectivity index is 1.80. The number of ether oxygens (including phenoxy) is 3. The topological polar surface area (TPSA) is 73.9 Å². The van der Waals surface area contributed by atoms with E-state index in [0.29, 0.717) is 29.4 Å². The lowest BCUT2D eigenvalue weighted by molar-refractivity contribution is -0.160. The first-order valence-electron chi connectivity index (χ1n) is 6.97. The molecule has 1 saturated heterocycles. The van der Waals surface area contributed by atoms with Crippen LogP contribution in [-0.2, 0) is 19.1 Å². The molecular weight excluding hydrogens is 310 g/mol. The van der Waals surface area contributed by atoms with Crippen LogP contribution in [0.1, 0.15) is 19.8 Å². The molecule has 0 aromatic heterocycles. The minimum absolute atomic E-state index is 0.119. The van der Waals surface area contributed by atoms with Crippen molar-refractivity contribution in [3.63, 3.8) is 0 Å². The molecule has 0 saturated carbocycles. The Morgan fingerprint density at radius 3 is 2.91 bits per heavy atom. The highest BCUT2D eigenvalue weighted by Gasteiger charge is 2.34. The lowest BCUT2D eigenvalue weighted by Gasteiger charge is -2.12. The number of esters is 2. The standard InChI is InChI=1S/C15H18ClNO5/c1-9-7-13(15(19)21-9)22-14(18)5-6-17-11-8-10(16)3-4-12(11)20-2/h3-4,8-9,13,17H,5-7H2,1-2H3/t9-,13+/m0/s1. The summed E-state index contributed by atoms with van der Waals surface area (Å²) in [6.07, 6.45) is -0.476. The highest BCUT2D eigenvalue weighted by molar-refractivity contribution is 6.30. The van der Waals surface area contributed by atoms with Gasteiger partial charge in [-0.2, -0.15) is 0 Å². The van der Waals surface area contributed by atoms with Crippen LogP contribution in [0.25, 0.3) is 0 Å². The van der Waals surface area contributed by atoms with Gasteiger partial charge in [0.2, 0.25) is 6.10 Å². The van der Waals surface area contributed by atoms with E-state index in [2.05, 4.69) is 5.32 Å². The van der Waals surface area contributed by atoms with Crippen molar-refractivity contribution in [1.82, 2.24) is 0 Å². The number of nitrogens with one attached hydrogen (secondary N) is 1. The maximum atomic E-state index is 11.7. The summed E-state index contributed by atoms with van der Waals surface area (Å²) in [4.78, 5) is 23.1. The van der Waals surface area contributed by atoms with E-state index in [9.17, 15) is 9.59 Å². The zero-order valence-electron chi connectivity index (χ0n) is 12.4. The number of hydrogen-bond donors (Lipinski definition) is 1. The maximum Gasteiger partial charge on any atom is 0.347 e. The van der Waals surface area contributed by atoms with Crippen LogP contribution in [0, 0.1) is 0 Å². The second-order valence-electron chi connectivity index (χ2n) is 4.98. The van der Waals surface area contributed by atoms with Crippen LogP contribution in [0.4, 0.5) is 5.69 Å². The van der Waals surface area contributed by atoms with Crippen molar-refractivity contribution >= 4 is 29.2 Å². The number of cyclic esters (lactones) is 1. The summed E-state index contributed by atoms with van der Waals surface area (Å²) < 4.78 is 15.2. The van der Waals surface area contributed by atoms with E-state index >= 15 is 0 Å². The van der Waals surface area contributed by atoms with Gasteiger partial charge < -0.3 is 19.5 Å². The van der Waals surface area contributed by atoms with Crippen LogP contribution in [0.5, 0.6) is 5.75 Å². The third-order valence-electron chi connectivity index (χ3n) is 3.21. The molecule has 1 fully saturated rings. The second-order valence-corrected chi connectivity index (χ2v) is 5.42. The molecule has 1 heterocycles. The molecule has 6 nitrogen and oxygen atoms in total. The van der Waals surface area contributed by atoms with Gasteiger partial charge in [-0.1, -0.05) is 11.6 Å². The summed E-state index contributed by atoms with van der Waals surface area (Å²) in [6, 6.07) is 5.16. The van der Waals surface area contributed by atoms with Crippen molar-refractivity contribution in [3.8, 4) is 5.75 Å². The Morgan fingerprint density at radius 1 is 1.50 bits per heavy atom. The van der Waals surface area contributed by atoms with E-state index in [-0.39, 0.29) is 12.5 Å². The van der Waals surface area contributed by atoms with Crippen LogP contribution in [0.2, 0.25) is 5.02 Å². The Labute approximate surface area is 133 Å². The number of anilines is 1. The molecule has 1 aliphatic heterocycles. The highest BCUT2D eigenvalue weighted by Crippen LogP contribution is 2.27. The third kappa shape index (κ3) is 4.27. The predicted octanol–water partition coefficient (Wildman–Crippen LogP) is 2.40. The molecule has 0 amide bonds. The van der Waals surface area contributed by atoms with Gasteiger partial charge in [-0.3, -0.25) is 4.79 Å². The summed E-state index contributed by atoms with van der Waals surface area (Å²) >= 11 is 5.92. The molecule has 120 valence electrons. The monoisotopic (exact) mass is 327 g/mol. The first kappa shape index (κ1) is 16.4. The first-order valence-corrected chi connectivity index (χ1v) is 7.34. The van der Waals surface area contributed by atoms with Gasteiger partial charge in [-0.15, -0.1) is 0 Å². The largest absolute Gasteiger partial charge is 0.495 e. The van der Waals surface area contributed by atoms with Crippen molar-refractivity contribution < 1.29 is 23.8 Å². The predicted molar refractivity (Wildman–Crippen MR) is 81.2 cm³/mol. The molecule has 1 N–H and O–H groups in total. The zero-order valence-corrected chi connectivity index (χ0v) is 13.2. The van der Waals surface area contributed by atoms with Crippen molar-refractivity contribution in [2.75, 3.05) is 19.0 Å². The van der Waals surface area contributed by atoms with Crippen molar-refractivity contribution in [2.24, 2.45) is 0 Å². The summed E-state index contributed by atoms with van der Waals surface area (Å²) in [5, 5.41) is 3.62. The van der Waals surface area contributed by atoms with E-state index in [4.69, 9.17) is 25.8 Å². The molecule has 2 rings (SSSR count). The summed E-state index contributed by atoms with van der Waals surface area (Å²) in [5.41, 5.74) is 0.691. The molecule has 0 aliphatic carbocycles. The number of hydrogen-bond acceptors (Lipinski definition) is 6. The second kappa shape index (κ2) is 7.35. The average Bonchev–Trinajstić information content (AvgIpc) is 2.77.